The second-order valence-electron chi connectivity index (χ2n) is 7.37. The Bertz CT molecular complexity index is 964. The molecule has 3 aromatic rings. The van der Waals surface area contributed by atoms with Crippen molar-refractivity contribution < 1.29 is 4.79 Å². The van der Waals surface area contributed by atoms with Gasteiger partial charge >= 0.3 is 0 Å². The normalized spacial score (nSPS) is 16.9. The first-order valence-corrected chi connectivity index (χ1v) is 9.85. The van der Waals surface area contributed by atoms with E-state index in [1.54, 1.807) is 0 Å². The van der Waals surface area contributed by atoms with Crippen molar-refractivity contribution in [3.63, 3.8) is 0 Å². The van der Waals surface area contributed by atoms with Gasteiger partial charge in [0.1, 0.15) is 5.69 Å². The Kier molecular flexibility index (Phi) is 5.26. The van der Waals surface area contributed by atoms with Crippen LogP contribution in [0.5, 0.6) is 0 Å². The summed E-state index contributed by atoms with van der Waals surface area (Å²) in [5, 5.41) is 8.13. The molecule has 1 N–H and O–H groups in total. The SMILES string of the molecule is CNC1CCCN(C(=O)c2cn(-c3ccccc3)nc2-c2ccccc2C)C1. The third-order valence-electron chi connectivity index (χ3n) is 5.48. The Hall–Kier alpha value is -2.92. The smallest absolute Gasteiger partial charge is 0.257 e. The number of piperidine rings is 1. The Morgan fingerprint density at radius 1 is 1.11 bits per heavy atom. The molecule has 1 atom stereocenters. The van der Waals surface area contributed by atoms with Crippen LogP contribution in [0.25, 0.3) is 16.9 Å². The predicted molar refractivity (Wildman–Crippen MR) is 112 cm³/mol. The van der Waals surface area contributed by atoms with E-state index in [-0.39, 0.29) is 5.91 Å². The first kappa shape index (κ1) is 18.4. The van der Waals surface area contributed by atoms with Gasteiger partial charge in [-0.25, -0.2) is 4.68 Å². The molecule has 1 aliphatic rings. The average Bonchev–Trinajstić information content (AvgIpc) is 3.19. The van der Waals surface area contributed by atoms with Crippen LogP contribution < -0.4 is 5.32 Å². The molecule has 0 radical (unpaired) electrons. The monoisotopic (exact) mass is 374 g/mol. The lowest BCUT2D eigenvalue weighted by Gasteiger charge is -2.32. The summed E-state index contributed by atoms with van der Waals surface area (Å²) in [5.74, 6) is 0.0559. The molecule has 4 rings (SSSR count). The third-order valence-corrected chi connectivity index (χ3v) is 5.48. The fourth-order valence-electron chi connectivity index (χ4n) is 3.85. The molecule has 5 nitrogen and oxygen atoms in total. The molecular weight excluding hydrogens is 348 g/mol. The molecule has 0 saturated carbocycles. The lowest BCUT2D eigenvalue weighted by Crippen LogP contribution is -2.47. The van der Waals surface area contributed by atoms with Crippen molar-refractivity contribution in [3.8, 4) is 16.9 Å². The number of likely N-dealkylation sites (N-methyl/N-ethyl adjacent to an activating group) is 1. The van der Waals surface area contributed by atoms with E-state index in [1.165, 1.54) is 0 Å². The number of carbonyl (C=O) groups excluding carboxylic acids is 1. The quantitative estimate of drug-likeness (QED) is 0.758. The van der Waals surface area contributed by atoms with E-state index in [0.717, 1.165) is 48.4 Å². The maximum Gasteiger partial charge on any atom is 0.257 e. The highest BCUT2D eigenvalue weighted by Gasteiger charge is 2.27. The van der Waals surface area contributed by atoms with Gasteiger partial charge in [-0.1, -0.05) is 42.5 Å². The first-order chi connectivity index (χ1) is 13.7. The van der Waals surface area contributed by atoms with Gasteiger partial charge in [-0.05, 0) is 44.5 Å². The molecule has 0 spiro atoms. The van der Waals surface area contributed by atoms with Gasteiger partial charge in [-0.2, -0.15) is 5.10 Å². The van der Waals surface area contributed by atoms with E-state index in [0.29, 0.717) is 11.6 Å². The van der Waals surface area contributed by atoms with Gasteiger partial charge < -0.3 is 10.2 Å². The van der Waals surface area contributed by atoms with E-state index in [2.05, 4.69) is 18.3 Å². The number of nitrogens with one attached hydrogen (secondary N) is 1. The minimum absolute atomic E-state index is 0.0559. The average molecular weight is 374 g/mol. The number of para-hydroxylation sites is 1. The maximum absolute atomic E-state index is 13.5. The second-order valence-corrected chi connectivity index (χ2v) is 7.37. The molecule has 1 amide bonds. The highest BCUT2D eigenvalue weighted by Crippen LogP contribution is 2.28. The van der Waals surface area contributed by atoms with Crippen LogP contribution in [0.3, 0.4) is 0 Å². The van der Waals surface area contributed by atoms with Crippen molar-refractivity contribution in [1.29, 1.82) is 0 Å². The molecule has 2 aromatic carbocycles. The zero-order valence-corrected chi connectivity index (χ0v) is 16.4. The summed E-state index contributed by atoms with van der Waals surface area (Å²) < 4.78 is 1.81. The number of amides is 1. The molecule has 1 fully saturated rings. The Balaban J connectivity index is 1.77. The van der Waals surface area contributed by atoms with Crippen LogP contribution in [0.15, 0.2) is 60.8 Å². The Labute approximate surface area is 166 Å². The zero-order valence-electron chi connectivity index (χ0n) is 16.4. The molecule has 1 saturated heterocycles. The van der Waals surface area contributed by atoms with E-state index < -0.39 is 0 Å². The van der Waals surface area contributed by atoms with Crippen LogP contribution >= 0.6 is 0 Å². The van der Waals surface area contributed by atoms with Gasteiger partial charge in [0.05, 0.1) is 11.3 Å². The number of carbonyl (C=O) groups is 1. The molecule has 2 heterocycles. The van der Waals surface area contributed by atoms with Crippen molar-refractivity contribution in [2.24, 2.45) is 0 Å². The molecular formula is C23H26N4O. The van der Waals surface area contributed by atoms with Crippen molar-refractivity contribution in [2.45, 2.75) is 25.8 Å². The van der Waals surface area contributed by atoms with Crippen molar-refractivity contribution in [1.82, 2.24) is 20.0 Å². The predicted octanol–water partition coefficient (Wildman–Crippen LogP) is 3.67. The van der Waals surface area contributed by atoms with E-state index >= 15 is 0 Å². The van der Waals surface area contributed by atoms with Crippen molar-refractivity contribution in [2.75, 3.05) is 20.1 Å². The van der Waals surface area contributed by atoms with Gasteiger partial charge in [0, 0.05) is 30.9 Å². The van der Waals surface area contributed by atoms with Gasteiger partial charge in [0.15, 0.2) is 0 Å². The number of aromatic nitrogens is 2. The molecule has 28 heavy (non-hydrogen) atoms. The van der Waals surface area contributed by atoms with Crippen LogP contribution in [-0.4, -0.2) is 46.8 Å². The standard InChI is InChI=1S/C23H26N4O/c1-17-9-6-7-13-20(17)22-21(16-27(25-22)19-11-4-3-5-12-19)23(28)26-14-8-10-18(15-26)24-2/h3-7,9,11-13,16,18,24H,8,10,14-15H2,1-2H3. The van der Waals surface area contributed by atoms with Gasteiger partial charge in [-0.3, -0.25) is 4.79 Å². The summed E-state index contributed by atoms with van der Waals surface area (Å²) in [6.45, 7) is 3.59. The van der Waals surface area contributed by atoms with Crippen LogP contribution in [0, 0.1) is 6.92 Å². The molecule has 5 heteroatoms. The number of likely N-dealkylation sites (tertiary alicyclic amines) is 1. The van der Waals surface area contributed by atoms with Gasteiger partial charge in [-0.15, -0.1) is 0 Å². The zero-order chi connectivity index (χ0) is 19.5. The van der Waals surface area contributed by atoms with Crippen LogP contribution in [0.2, 0.25) is 0 Å². The number of nitrogens with zero attached hydrogens (tertiary/aromatic N) is 3. The highest BCUT2D eigenvalue weighted by atomic mass is 16.2. The molecule has 1 unspecified atom stereocenters. The van der Waals surface area contributed by atoms with Crippen LogP contribution in [-0.2, 0) is 0 Å². The molecule has 1 aliphatic heterocycles. The second kappa shape index (κ2) is 7.98. The lowest BCUT2D eigenvalue weighted by atomic mass is 10.0. The van der Waals surface area contributed by atoms with E-state index in [9.17, 15) is 4.79 Å². The first-order valence-electron chi connectivity index (χ1n) is 9.85. The van der Waals surface area contributed by atoms with Gasteiger partial charge in [0.25, 0.3) is 5.91 Å². The fourth-order valence-corrected chi connectivity index (χ4v) is 3.85. The minimum atomic E-state index is 0.0559. The molecule has 0 aliphatic carbocycles. The number of hydrogen-bond acceptors (Lipinski definition) is 3. The summed E-state index contributed by atoms with van der Waals surface area (Å²) in [6, 6.07) is 18.4. The van der Waals surface area contributed by atoms with Crippen LogP contribution in [0.1, 0.15) is 28.8 Å². The summed E-state index contributed by atoms with van der Waals surface area (Å²) >= 11 is 0. The van der Waals surface area contributed by atoms with Crippen LogP contribution in [0.4, 0.5) is 0 Å². The summed E-state index contributed by atoms with van der Waals surface area (Å²) in [4.78, 5) is 15.4. The molecule has 144 valence electrons. The summed E-state index contributed by atoms with van der Waals surface area (Å²) in [6.07, 6.45) is 4.00. The highest BCUT2D eigenvalue weighted by molar-refractivity contribution is 6.00. The molecule has 0 bridgehead atoms. The third kappa shape index (κ3) is 3.58. The van der Waals surface area contributed by atoms with Crippen molar-refractivity contribution >= 4 is 5.91 Å². The number of aryl methyl sites for hydroxylation is 1. The van der Waals surface area contributed by atoms with E-state index in [1.807, 2.05) is 71.4 Å². The summed E-state index contributed by atoms with van der Waals surface area (Å²) in [5.41, 5.74) is 4.47. The number of rotatable bonds is 4. The fraction of sp³-hybridized carbons (Fsp3) is 0.304. The number of benzene rings is 2. The van der Waals surface area contributed by atoms with Crippen molar-refractivity contribution in [3.05, 3.63) is 71.9 Å². The summed E-state index contributed by atoms with van der Waals surface area (Å²) in [7, 11) is 1.96. The lowest BCUT2D eigenvalue weighted by molar-refractivity contribution is 0.0699. The number of hydrogen-bond donors (Lipinski definition) is 1. The van der Waals surface area contributed by atoms with Gasteiger partial charge in [0.2, 0.25) is 0 Å². The largest absolute Gasteiger partial charge is 0.337 e. The minimum Gasteiger partial charge on any atom is -0.337 e. The maximum atomic E-state index is 13.5. The Morgan fingerprint density at radius 3 is 2.61 bits per heavy atom. The molecule has 1 aromatic heterocycles. The van der Waals surface area contributed by atoms with E-state index in [4.69, 9.17) is 5.10 Å². The topological polar surface area (TPSA) is 50.2 Å². The Morgan fingerprint density at radius 2 is 1.86 bits per heavy atom.